The van der Waals surface area contributed by atoms with E-state index in [0.717, 1.165) is 6.42 Å². The molecule has 0 aliphatic heterocycles. The van der Waals surface area contributed by atoms with Gasteiger partial charge in [-0.3, -0.25) is 4.79 Å². The molecule has 15 heavy (non-hydrogen) atoms. The van der Waals surface area contributed by atoms with Crippen LogP contribution in [0.1, 0.15) is 53.4 Å². The molecule has 0 saturated heterocycles. The Balaban J connectivity index is 2.70. The average Bonchev–Trinajstić information content (AvgIpc) is 2.17. The van der Waals surface area contributed by atoms with E-state index in [1.807, 2.05) is 6.92 Å². The smallest absolute Gasteiger partial charge is 0.309 e. The predicted molar refractivity (Wildman–Crippen MR) is 61.5 cm³/mol. The third-order valence-corrected chi connectivity index (χ3v) is 3.47. The number of ether oxygens (including phenoxy) is 1. The van der Waals surface area contributed by atoms with Gasteiger partial charge in [0.15, 0.2) is 0 Å². The van der Waals surface area contributed by atoms with Crippen LogP contribution >= 0.6 is 0 Å². The highest BCUT2D eigenvalue weighted by Gasteiger charge is 2.38. The van der Waals surface area contributed by atoms with Crippen molar-refractivity contribution in [1.29, 1.82) is 0 Å². The summed E-state index contributed by atoms with van der Waals surface area (Å²) in [6.45, 7) is 9.08. The summed E-state index contributed by atoms with van der Waals surface area (Å²) in [7, 11) is 0. The third kappa shape index (κ3) is 3.22. The second kappa shape index (κ2) is 5.00. The molecule has 0 N–H and O–H groups in total. The SMILES string of the molecule is CCOC(=O)C1CCCCC1C(C)(C)C. The fraction of sp³-hybridized carbons (Fsp3) is 0.923. The summed E-state index contributed by atoms with van der Waals surface area (Å²) in [5.41, 5.74) is 0.220. The van der Waals surface area contributed by atoms with Gasteiger partial charge in [-0.05, 0) is 31.1 Å². The van der Waals surface area contributed by atoms with Crippen LogP contribution in [0.4, 0.5) is 0 Å². The van der Waals surface area contributed by atoms with Crippen molar-refractivity contribution in [3.05, 3.63) is 0 Å². The van der Waals surface area contributed by atoms with Gasteiger partial charge in [0.2, 0.25) is 0 Å². The molecular weight excluding hydrogens is 188 g/mol. The molecule has 1 aliphatic carbocycles. The monoisotopic (exact) mass is 212 g/mol. The van der Waals surface area contributed by atoms with Gasteiger partial charge in [-0.15, -0.1) is 0 Å². The largest absolute Gasteiger partial charge is 0.466 e. The quantitative estimate of drug-likeness (QED) is 0.656. The first-order valence-corrected chi connectivity index (χ1v) is 6.13. The number of carbonyl (C=O) groups excluding carboxylic acids is 1. The Bertz CT molecular complexity index is 215. The highest BCUT2D eigenvalue weighted by Crippen LogP contribution is 2.42. The predicted octanol–water partition coefficient (Wildman–Crippen LogP) is 3.40. The van der Waals surface area contributed by atoms with Gasteiger partial charge in [0, 0.05) is 0 Å². The zero-order valence-corrected chi connectivity index (χ0v) is 10.5. The number of carbonyl (C=O) groups is 1. The average molecular weight is 212 g/mol. The van der Waals surface area contributed by atoms with Gasteiger partial charge in [-0.2, -0.15) is 0 Å². The minimum absolute atomic E-state index is 0.0251. The van der Waals surface area contributed by atoms with E-state index in [1.54, 1.807) is 0 Å². The zero-order valence-electron chi connectivity index (χ0n) is 10.5. The number of hydrogen-bond donors (Lipinski definition) is 0. The minimum Gasteiger partial charge on any atom is -0.466 e. The molecule has 1 fully saturated rings. The summed E-state index contributed by atoms with van der Waals surface area (Å²) in [5.74, 6) is 0.654. The van der Waals surface area contributed by atoms with Crippen molar-refractivity contribution in [3.63, 3.8) is 0 Å². The van der Waals surface area contributed by atoms with Crippen molar-refractivity contribution in [2.45, 2.75) is 53.4 Å². The first-order valence-electron chi connectivity index (χ1n) is 6.13. The van der Waals surface area contributed by atoms with E-state index in [2.05, 4.69) is 20.8 Å². The molecular formula is C13H24O2. The van der Waals surface area contributed by atoms with E-state index in [1.165, 1.54) is 19.3 Å². The van der Waals surface area contributed by atoms with Gasteiger partial charge in [0.05, 0.1) is 12.5 Å². The maximum atomic E-state index is 11.8. The molecule has 0 bridgehead atoms. The van der Waals surface area contributed by atoms with Gasteiger partial charge in [-0.25, -0.2) is 0 Å². The summed E-state index contributed by atoms with van der Waals surface area (Å²) in [6.07, 6.45) is 4.63. The molecule has 0 aromatic heterocycles. The molecule has 2 nitrogen and oxygen atoms in total. The van der Waals surface area contributed by atoms with Crippen LogP contribution < -0.4 is 0 Å². The molecule has 0 amide bonds. The van der Waals surface area contributed by atoms with Crippen LogP contribution in [0.25, 0.3) is 0 Å². The highest BCUT2D eigenvalue weighted by molar-refractivity contribution is 5.73. The van der Waals surface area contributed by atoms with Crippen LogP contribution in [0.5, 0.6) is 0 Å². The van der Waals surface area contributed by atoms with Crippen LogP contribution in [0.15, 0.2) is 0 Å². The fourth-order valence-corrected chi connectivity index (χ4v) is 2.70. The topological polar surface area (TPSA) is 26.3 Å². The normalized spacial score (nSPS) is 27.5. The Labute approximate surface area is 93.4 Å². The summed E-state index contributed by atoms with van der Waals surface area (Å²) in [5, 5.41) is 0. The Morgan fingerprint density at radius 3 is 2.40 bits per heavy atom. The second-order valence-electron chi connectivity index (χ2n) is 5.62. The molecule has 88 valence electrons. The van der Waals surface area contributed by atoms with Crippen LogP contribution in [0.2, 0.25) is 0 Å². The van der Waals surface area contributed by atoms with E-state index in [4.69, 9.17) is 4.74 Å². The third-order valence-electron chi connectivity index (χ3n) is 3.47. The summed E-state index contributed by atoms with van der Waals surface area (Å²) in [4.78, 5) is 11.8. The molecule has 1 saturated carbocycles. The Kier molecular flexibility index (Phi) is 4.18. The van der Waals surface area contributed by atoms with Crippen molar-refractivity contribution in [2.24, 2.45) is 17.3 Å². The van der Waals surface area contributed by atoms with E-state index in [0.29, 0.717) is 12.5 Å². The molecule has 0 aromatic carbocycles. The Morgan fingerprint density at radius 2 is 1.87 bits per heavy atom. The van der Waals surface area contributed by atoms with Gasteiger partial charge >= 0.3 is 5.97 Å². The van der Waals surface area contributed by atoms with Crippen LogP contribution in [0.3, 0.4) is 0 Å². The van der Waals surface area contributed by atoms with Gasteiger partial charge in [-0.1, -0.05) is 33.6 Å². The van der Waals surface area contributed by atoms with Gasteiger partial charge in [0.25, 0.3) is 0 Å². The standard InChI is InChI=1S/C13H24O2/c1-5-15-12(14)10-8-6-7-9-11(10)13(2,3)4/h10-11H,5-9H2,1-4H3. The second-order valence-corrected chi connectivity index (χ2v) is 5.62. The van der Waals surface area contributed by atoms with Gasteiger partial charge < -0.3 is 4.74 Å². The van der Waals surface area contributed by atoms with Crippen molar-refractivity contribution < 1.29 is 9.53 Å². The Hall–Kier alpha value is -0.530. The van der Waals surface area contributed by atoms with Gasteiger partial charge in [0.1, 0.15) is 0 Å². The molecule has 0 aromatic rings. The van der Waals surface area contributed by atoms with Crippen LogP contribution in [-0.2, 0) is 9.53 Å². The lowest BCUT2D eigenvalue weighted by molar-refractivity contribution is -0.153. The van der Waals surface area contributed by atoms with E-state index in [-0.39, 0.29) is 17.3 Å². The number of hydrogen-bond acceptors (Lipinski definition) is 2. The lowest BCUT2D eigenvalue weighted by Crippen LogP contribution is -2.36. The van der Waals surface area contributed by atoms with Crippen molar-refractivity contribution in [1.82, 2.24) is 0 Å². The molecule has 0 heterocycles. The molecule has 1 rings (SSSR count). The zero-order chi connectivity index (χ0) is 11.5. The number of esters is 1. The van der Waals surface area contributed by atoms with Crippen LogP contribution in [-0.4, -0.2) is 12.6 Å². The molecule has 2 atom stereocenters. The fourth-order valence-electron chi connectivity index (χ4n) is 2.70. The van der Waals surface area contributed by atoms with E-state index >= 15 is 0 Å². The van der Waals surface area contributed by atoms with Crippen molar-refractivity contribution >= 4 is 5.97 Å². The van der Waals surface area contributed by atoms with Crippen LogP contribution in [0, 0.1) is 17.3 Å². The maximum Gasteiger partial charge on any atom is 0.309 e. The van der Waals surface area contributed by atoms with E-state index < -0.39 is 0 Å². The maximum absolute atomic E-state index is 11.8. The van der Waals surface area contributed by atoms with Crippen molar-refractivity contribution in [2.75, 3.05) is 6.61 Å². The highest BCUT2D eigenvalue weighted by atomic mass is 16.5. The summed E-state index contributed by atoms with van der Waals surface area (Å²) < 4.78 is 5.17. The minimum atomic E-state index is 0.0251. The molecule has 1 aliphatic rings. The van der Waals surface area contributed by atoms with E-state index in [9.17, 15) is 4.79 Å². The first kappa shape index (κ1) is 12.5. The molecule has 2 heteroatoms. The van der Waals surface area contributed by atoms with Crippen molar-refractivity contribution in [3.8, 4) is 0 Å². The molecule has 2 unspecified atom stereocenters. The summed E-state index contributed by atoms with van der Waals surface area (Å²) in [6, 6.07) is 0. The lowest BCUT2D eigenvalue weighted by Gasteiger charge is -2.39. The summed E-state index contributed by atoms with van der Waals surface area (Å²) >= 11 is 0. The molecule has 0 spiro atoms. The molecule has 0 radical (unpaired) electrons. The number of rotatable bonds is 2. The lowest BCUT2D eigenvalue weighted by atomic mass is 9.66. The Morgan fingerprint density at radius 1 is 1.27 bits per heavy atom. The first-order chi connectivity index (χ1) is 6.96.